The van der Waals surface area contributed by atoms with Crippen LogP contribution in [0.1, 0.15) is 24.6 Å². The van der Waals surface area contributed by atoms with Gasteiger partial charge in [-0.15, -0.1) is 24.0 Å². The molecule has 2 heterocycles. The molecule has 5 nitrogen and oxygen atoms in total. The van der Waals surface area contributed by atoms with Gasteiger partial charge in [-0.05, 0) is 49.9 Å². The molecular weight excluding hydrogens is 473 g/mol. The maximum Gasteiger partial charge on any atom is 0.191 e. The fourth-order valence-electron chi connectivity index (χ4n) is 3.61. The van der Waals surface area contributed by atoms with Crippen LogP contribution in [0.5, 0.6) is 0 Å². The van der Waals surface area contributed by atoms with Crippen molar-refractivity contribution in [2.45, 2.75) is 26.2 Å². The molecular formula is C23H34IN5. The summed E-state index contributed by atoms with van der Waals surface area (Å²) < 4.78 is 0. The maximum atomic E-state index is 4.83. The van der Waals surface area contributed by atoms with Crippen LogP contribution in [0.3, 0.4) is 0 Å². The number of hydrogen-bond donors (Lipinski definition) is 2. The lowest BCUT2D eigenvalue weighted by Crippen LogP contribution is -2.38. The monoisotopic (exact) mass is 507 g/mol. The topological polar surface area (TPSA) is 52.6 Å². The lowest BCUT2D eigenvalue weighted by atomic mass is 10.1. The van der Waals surface area contributed by atoms with Crippen LogP contribution in [-0.4, -0.2) is 55.1 Å². The first-order valence-electron chi connectivity index (χ1n) is 10.5. The number of aromatic nitrogens is 1. The lowest BCUT2D eigenvalue weighted by molar-refractivity contribution is 0.329. The highest BCUT2D eigenvalue weighted by atomic mass is 127. The van der Waals surface area contributed by atoms with E-state index in [4.69, 9.17) is 4.99 Å². The molecule has 1 aliphatic rings. The van der Waals surface area contributed by atoms with Crippen molar-refractivity contribution in [3.05, 3.63) is 66.0 Å². The van der Waals surface area contributed by atoms with Crippen molar-refractivity contribution in [1.82, 2.24) is 20.5 Å². The molecule has 6 heteroatoms. The summed E-state index contributed by atoms with van der Waals surface area (Å²) >= 11 is 0. The zero-order valence-electron chi connectivity index (χ0n) is 17.4. The number of guanidine groups is 1. The van der Waals surface area contributed by atoms with Crippen LogP contribution in [0.4, 0.5) is 0 Å². The number of rotatable bonds is 9. The average molecular weight is 507 g/mol. The Labute approximate surface area is 192 Å². The van der Waals surface area contributed by atoms with Gasteiger partial charge in [0.25, 0.3) is 0 Å². The number of pyridine rings is 1. The highest BCUT2D eigenvalue weighted by Gasteiger charge is 2.21. The van der Waals surface area contributed by atoms with E-state index in [-0.39, 0.29) is 24.0 Å². The number of aliphatic imine (C=N–C) groups is 1. The molecule has 0 saturated carbocycles. The molecule has 1 aliphatic heterocycles. The molecule has 0 bridgehead atoms. The summed E-state index contributed by atoms with van der Waals surface area (Å²) in [6.45, 7) is 8.21. The Bertz CT molecular complexity index is 708. The average Bonchev–Trinajstić information content (AvgIpc) is 3.20. The second-order valence-electron chi connectivity index (χ2n) is 7.41. The molecule has 158 valence electrons. The summed E-state index contributed by atoms with van der Waals surface area (Å²) in [5, 5.41) is 6.79. The predicted molar refractivity (Wildman–Crippen MR) is 132 cm³/mol. The normalized spacial score (nSPS) is 17.0. The Hall–Kier alpha value is -1.67. The fraction of sp³-hybridized carbons (Fsp3) is 0.478. The Morgan fingerprint density at radius 1 is 1.10 bits per heavy atom. The molecule has 2 N–H and O–H groups in total. The molecule has 1 fully saturated rings. The Kier molecular flexibility index (Phi) is 11.0. The zero-order chi connectivity index (χ0) is 19.4. The number of halogens is 1. The fourth-order valence-corrected chi connectivity index (χ4v) is 3.61. The van der Waals surface area contributed by atoms with Crippen LogP contribution < -0.4 is 10.6 Å². The van der Waals surface area contributed by atoms with E-state index in [1.165, 1.54) is 18.5 Å². The molecule has 1 atom stereocenters. The molecule has 0 spiro atoms. The minimum Gasteiger partial charge on any atom is -0.357 e. The molecule has 1 unspecified atom stereocenters. The van der Waals surface area contributed by atoms with E-state index >= 15 is 0 Å². The van der Waals surface area contributed by atoms with Crippen LogP contribution in [0, 0.1) is 5.92 Å². The van der Waals surface area contributed by atoms with Gasteiger partial charge in [-0.3, -0.25) is 9.98 Å². The molecule has 1 aromatic heterocycles. The SMILES string of the molecule is CCNC(=NCC1CCN(CCc2ccccc2)C1)NCCc1ccccn1.I. The van der Waals surface area contributed by atoms with Gasteiger partial charge in [0.2, 0.25) is 0 Å². The van der Waals surface area contributed by atoms with Crippen molar-refractivity contribution in [2.24, 2.45) is 10.9 Å². The zero-order valence-corrected chi connectivity index (χ0v) is 19.7. The highest BCUT2D eigenvalue weighted by molar-refractivity contribution is 14.0. The van der Waals surface area contributed by atoms with Crippen LogP contribution in [0.25, 0.3) is 0 Å². The largest absolute Gasteiger partial charge is 0.357 e. The van der Waals surface area contributed by atoms with Gasteiger partial charge < -0.3 is 15.5 Å². The number of hydrogen-bond acceptors (Lipinski definition) is 3. The third-order valence-electron chi connectivity index (χ3n) is 5.18. The Balaban J connectivity index is 0.00000300. The smallest absolute Gasteiger partial charge is 0.191 e. The Morgan fingerprint density at radius 3 is 2.69 bits per heavy atom. The van der Waals surface area contributed by atoms with Crippen molar-refractivity contribution in [1.29, 1.82) is 0 Å². The molecule has 0 radical (unpaired) electrons. The first-order valence-corrected chi connectivity index (χ1v) is 10.5. The summed E-state index contributed by atoms with van der Waals surface area (Å²) in [4.78, 5) is 11.8. The van der Waals surface area contributed by atoms with Gasteiger partial charge in [0.1, 0.15) is 0 Å². The van der Waals surface area contributed by atoms with Gasteiger partial charge in [-0.1, -0.05) is 36.4 Å². The highest BCUT2D eigenvalue weighted by Crippen LogP contribution is 2.17. The van der Waals surface area contributed by atoms with E-state index in [2.05, 4.69) is 63.8 Å². The molecule has 0 amide bonds. The second kappa shape index (κ2) is 13.5. The number of benzene rings is 1. The number of likely N-dealkylation sites (tertiary alicyclic amines) is 1. The minimum absolute atomic E-state index is 0. The van der Waals surface area contributed by atoms with Crippen LogP contribution in [0.15, 0.2) is 59.7 Å². The molecule has 2 aromatic rings. The van der Waals surface area contributed by atoms with Gasteiger partial charge in [0.05, 0.1) is 0 Å². The summed E-state index contributed by atoms with van der Waals surface area (Å²) in [6.07, 6.45) is 5.13. The van der Waals surface area contributed by atoms with Gasteiger partial charge >= 0.3 is 0 Å². The number of nitrogens with one attached hydrogen (secondary N) is 2. The van der Waals surface area contributed by atoms with E-state index in [9.17, 15) is 0 Å². The first kappa shape index (κ1) is 23.6. The summed E-state index contributed by atoms with van der Waals surface area (Å²) in [5.74, 6) is 1.57. The van der Waals surface area contributed by atoms with Gasteiger partial charge in [-0.2, -0.15) is 0 Å². The van der Waals surface area contributed by atoms with Crippen LogP contribution >= 0.6 is 24.0 Å². The van der Waals surface area contributed by atoms with E-state index in [1.54, 1.807) is 0 Å². The quantitative estimate of drug-likeness (QED) is 0.311. The lowest BCUT2D eigenvalue weighted by Gasteiger charge is -2.16. The van der Waals surface area contributed by atoms with Crippen molar-refractivity contribution in [3.63, 3.8) is 0 Å². The standard InChI is InChI=1S/C23H33N5.HI/c1-2-24-23(26-15-11-22-10-6-7-14-25-22)27-18-21-13-17-28(19-21)16-12-20-8-4-3-5-9-20;/h3-10,14,21H,2,11-13,15-19H2,1H3,(H2,24,26,27);1H. The predicted octanol–water partition coefficient (Wildman–Crippen LogP) is 3.36. The molecule has 1 aromatic carbocycles. The second-order valence-corrected chi connectivity index (χ2v) is 7.41. The number of nitrogens with zero attached hydrogens (tertiary/aromatic N) is 3. The van der Waals surface area contributed by atoms with Gasteiger partial charge in [0.15, 0.2) is 5.96 Å². The van der Waals surface area contributed by atoms with Crippen molar-refractivity contribution in [3.8, 4) is 0 Å². The third kappa shape index (κ3) is 8.70. The van der Waals surface area contributed by atoms with Crippen LogP contribution in [-0.2, 0) is 12.8 Å². The van der Waals surface area contributed by atoms with Crippen LogP contribution in [0.2, 0.25) is 0 Å². The summed E-state index contributed by atoms with van der Waals surface area (Å²) in [5.41, 5.74) is 2.53. The van der Waals surface area contributed by atoms with E-state index in [0.717, 1.165) is 57.2 Å². The van der Waals surface area contributed by atoms with Gasteiger partial charge in [-0.25, -0.2) is 0 Å². The first-order chi connectivity index (χ1) is 13.8. The third-order valence-corrected chi connectivity index (χ3v) is 5.18. The molecule has 29 heavy (non-hydrogen) atoms. The molecule has 1 saturated heterocycles. The minimum atomic E-state index is 0. The van der Waals surface area contributed by atoms with E-state index < -0.39 is 0 Å². The Morgan fingerprint density at radius 2 is 1.93 bits per heavy atom. The van der Waals surface area contributed by atoms with Crippen molar-refractivity contribution >= 4 is 29.9 Å². The molecule has 3 rings (SSSR count). The summed E-state index contributed by atoms with van der Waals surface area (Å²) in [6, 6.07) is 16.8. The molecule has 0 aliphatic carbocycles. The van der Waals surface area contributed by atoms with Crippen molar-refractivity contribution < 1.29 is 0 Å². The van der Waals surface area contributed by atoms with Crippen molar-refractivity contribution in [2.75, 3.05) is 39.3 Å². The summed E-state index contributed by atoms with van der Waals surface area (Å²) in [7, 11) is 0. The van der Waals surface area contributed by atoms with E-state index in [1.807, 2.05) is 18.3 Å². The maximum absolute atomic E-state index is 4.83. The van der Waals surface area contributed by atoms with E-state index in [0.29, 0.717) is 5.92 Å². The van der Waals surface area contributed by atoms with Gasteiger partial charge in [0, 0.05) is 51.0 Å².